The molecule has 1 saturated heterocycles. The summed E-state index contributed by atoms with van der Waals surface area (Å²) in [4.78, 5) is 23.1. The molecule has 1 aliphatic heterocycles. The number of nitrogens with zero attached hydrogens (tertiary/aromatic N) is 4. The number of halogens is 2. The Morgan fingerprint density at radius 1 is 1.15 bits per heavy atom. The number of rotatable bonds is 8. The van der Waals surface area contributed by atoms with E-state index in [-0.39, 0.29) is 17.5 Å². The number of anilines is 4. The quantitative estimate of drug-likeness (QED) is 0.172. The Bertz CT molecular complexity index is 1570. The molecule has 0 radical (unpaired) electrons. The fourth-order valence-corrected chi connectivity index (χ4v) is 4.73. The van der Waals surface area contributed by atoms with E-state index in [0.29, 0.717) is 49.0 Å². The van der Waals surface area contributed by atoms with Gasteiger partial charge in [0.05, 0.1) is 30.1 Å². The number of phenols is 1. The largest absolute Gasteiger partial charge is 0.508 e. The molecule has 5 N–H and O–H groups in total. The van der Waals surface area contributed by atoms with Crippen LogP contribution in [0.1, 0.15) is 22.8 Å². The number of carbonyl (C=O) groups is 1. The number of hydrogen-bond acceptors (Lipinski definition) is 9. The fraction of sp³-hybridized carbons (Fsp3) is 0.207. The summed E-state index contributed by atoms with van der Waals surface area (Å²) in [6.45, 7) is 3.78. The lowest BCUT2D eigenvalue weighted by Crippen LogP contribution is -2.49. The van der Waals surface area contributed by atoms with Crippen molar-refractivity contribution < 1.29 is 19.0 Å². The Labute approximate surface area is 241 Å². The maximum Gasteiger partial charge on any atom is 0.271 e. The number of morpholine rings is 1. The molecule has 1 amide bonds. The molecule has 1 fully saturated rings. The second-order valence-electron chi connectivity index (χ2n) is 9.35. The smallest absolute Gasteiger partial charge is 0.271 e. The lowest BCUT2D eigenvalue weighted by molar-refractivity contribution is 0.0947. The zero-order valence-electron chi connectivity index (χ0n) is 22.3. The van der Waals surface area contributed by atoms with Gasteiger partial charge in [0.15, 0.2) is 11.6 Å². The zero-order chi connectivity index (χ0) is 28.9. The summed E-state index contributed by atoms with van der Waals surface area (Å²) in [5.74, 6) is 5.15. The van der Waals surface area contributed by atoms with Crippen molar-refractivity contribution >= 4 is 40.6 Å². The molecule has 41 heavy (non-hydrogen) atoms. The van der Waals surface area contributed by atoms with Crippen molar-refractivity contribution in [3.05, 3.63) is 88.8 Å². The minimum absolute atomic E-state index is 0.0738. The molecule has 4 aromatic rings. The van der Waals surface area contributed by atoms with E-state index in [2.05, 4.69) is 20.7 Å². The number of aromatic nitrogens is 2. The molecular weight excluding hydrogens is 549 g/mol. The summed E-state index contributed by atoms with van der Waals surface area (Å²) < 4.78 is 19.7. The topological polar surface area (TPSA) is 129 Å². The first-order valence-corrected chi connectivity index (χ1v) is 13.4. The highest BCUT2D eigenvalue weighted by Crippen LogP contribution is 2.32. The van der Waals surface area contributed by atoms with E-state index in [0.717, 1.165) is 33.7 Å². The lowest BCUT2D eigenvalue weighted by Gasteiger charge is -2.28. The summed E-state index contributed by atoms with van der Waals surface area (Å²) >= 11 is 6.61. The third kappa shape index (κ3) is 6.49. The number of phenolic OH excluding ortho intramolecular Hbond substituents is 1. The maximum atomic E-state index is 14.4. The van der Waals surface area contributed by atoms with Crippen molar-refractivity contribution in [3.8, 4) is 16.9 Å². The number of amides is 1. The Balaban J connectivity index is 1.33. The molecule has 0 aliphatic carbocycles. The summed E-state index contributed by atoms with van der Waals surface area (Å²) in [7, 11) is 0. The second-order valence-corrected chi connectivity index (χ2v) is 9.76. The van der Waals surface area contributed by atoms with Gasteiger partial charge in [-0.25, -0.2) is 20.6 Å². The molecule has 1 aliphatic rings. The molecule has 1 aromatic heterocycles. The molecule has 10 nitrogen and oxygen atoms in total. The van der Waals surface area contributed by atoms with Gasteiger partial charge in [-0.05, 0) is 59.5 Å². The van der Waals surface area contributed by atoms with Crippen LogP contribution in [0.5, 0.6) is 5.75 Å². The van der Waals surface area contributed by atoms with Crippen LogP contribution in [0.25, 0.3) is 11.1 Å². The molecule has 2 heterocycles. The van der Waals surface area contributed by atoms with Gasteiger partial charge >= 0.3 is 0 Å². The summed E-state index contributed by atoms with van der Waals surface area (Å²) in [5, 5.41) is 14.3. The van der Waals surface area contributed by atoms with Crippen molar-refractivity contribution in [2.75, 3.05) is 41.6 Å². The first-order chi connectivity index (χ1) is 19.8. The minimum Gasteiger partial charge on any atom is -0.508 e. The van der Waals surface area contributed by atoms with Crippen LogP contribution in [-0.4, -0.2) is 47.3 Å². The molecule has 0 atom stereocenters. The maximum absolute atomic E-state index is 14.4. The van der Waals surface area contributed by atoms with Crippen LogP contribution >= 0.6 is 11.6 Å². The standard InChI is InChI=1S/C29H29ClFN7O3/c1-2-18-15-26(34-21-7-3-5-19(13-21)20-6-4-8-22(39)14-20)24(30)16-23(18)28(40)36-38(32)29-33-17-25(31)27(35-29)37-9-11-41-12-10-37/h3-8,13-17,34,39H,2,9-12,32H2,1H3,(H,36,40). The van der Waals surface area contributed by atoms with Crippen LogP contribution < -0.4 is 26.6 Å². The highest BCUT2D eigenvalue weighted by molar-refractivity contribution is 6.33. The van der Waals surface area contributed by atoms with Crippen LogP contribution in [0.4, 0.5) is 27.5 Å². The normalized spacial score (nSPS) is 13.1. The molecule has 12 heteroatoms. The van der Waals surface area contributed by atoms with E-state index >= 15 is 0 Å². The van der Waals surface area contributed by atoms with E-state index in [9.17, 15) is 14.3 Å². The van der Waals surface area contributed by atoms with Crippen molar-refractivity contribution in [1.29, 1.82) is 0 Å². The van der Waals surface area contributed by atoms with Crippen LogP contribution in [0.15, 0.2) is 66.9 Å². The molecule has 212 valence electrons. The molecule has 3 aromatic carbocycles. The van der Waals surface area contributed by atoms with Crippen molar-refractivity contribution in [2.24, 2.45) is 5.84 Å². The summed E-state index contributed by atoms with van der Waals surface area (Å²) in [6.07, 6.45) is 1.56. The predicted molar refractivity (Wildman–Crippen MR) is 157 cm³/mol. The van der Waals surface area contributed by atoms with Crippen LogP contribution in [0.2, 0.25) is 5.02 Å². The van der Waals surface area contributed by atoms with Crippen molar-refractivity contribution in [1.82, 2.24) is 15.4 Å². The molecular formula is C29H29ClFN7O3. The Morgan fingerprint density at radius 3 is 2.61 bits per heavy atom. The average molecular weight is 578 g/mol. The van der Waals surface area contributed by atoms with Gasteiger partial charge < -0.3 is 20.1 Å². The van der Waals surface area contributed by atoms with Crippen LogP contribution in [0, 0.1) is 5.82 Å². The van der Waals surface area contributed by atoms with E-state index in [1.165, 1.54) is 0 Å². The van der Waals surface area contributed by atoms with Crippen molar-refractivity contribution in [2.45, 2.75) is 13.3 Å². The van der Waals surface area contributed by atoms with Gasteiger partial charge in [0.2, 0.25) is 0 Å². The SMILES string of the molecule is CCc1cc(Nc2cccc(-c3cccc(O)c3)c2)c(Cl)cc1C(=O)NN(N)c1ncc(F)c(N2CCOCC2)n1. The lowest BCUT2D eigenvalue weighted by atomic mass is 10.0. The first-order valence-electron chi connectivity index (χ1n) is 13.0. The number of carbonyl (C=O) groups excluding carboxylic acids is 1. The Hall–Kier alpha value is -4.45. The van der Waals surface area contributed by atoms with E-state index in [4.69, 9.17) is 22.2 Å². The first kappa shape index (κ1) is 28.1. The van der Waals surface area contributed by atoms with Gasteiger partial charge in [0.1, 0.15) is 5.75 Å². The second kappa shape index (κ2) is 12.4. The molecule has 0 unspecified atom stereocenters. The van der Waals surface area contributed by atoms with E-state index in [1.54, 1.807) is 29.2 Å². The number of aromatic hydroxyl groups is 1. The number of hydrazine groups is 2. The number of nitrogens with two attached hydrogens (primary N) is 1. The third-order valence-electron chi connectivity index (χ3n) is 6.60. The van der Waals surface area contributed by atoms with E-state index in [1.807, 2.05) is 43.3 Å². The van der Waals surface area contributed by atoms with E-state index < -0.39 is 11.7 Å². The van der Waals surface area contributed by atoms with Gasteiger partial charge in [0, 0.05) is 24.3 Å². The molecule has 0 saturated carbocycles. The van der Waals surface area contributed by atoms with Gasteiger partial charge in [-0.1, -0.05) is 42.8 Å². The summed E-state index contributed by atoms with van der Waals surface area (Å²) in [5.41, 5.74) is 6.78. The Morgan fingerprint density at radius 2 is 1.88 bits per heavy atom. The highest BCUT2D eigenvalue weighted by atomic mass is 35.5. The van der Waals surface area contributed by atoms with Gasteiger partial charge in [-0.3, -0.25) is 4.79 Å². The number of benzene rings is 3. The average Bonchev–Trinajstić information content (AvgIpc) is 2.98. The monoisotopic (exact) mass is 577 g/mol. The highest BCUT2D eigenvalue weighted by Gasteiger charge is 2.21. The number of hydrogen-bond donors (Lipinski definition) is 4. The van der Waals surface area contributed by atoms with Gasteiger partial charge in [-0.2, -0.15) is 10.1 Å². The third-order valence-corrected chi connectivity index (χ3v) is 6.91. The molecule has 0 spiro atoms. The summed E-state index contributed by atoms with van der Waals surface area (Å²) in [6, 6.07) is 18.1. The van der Waals surface area contributed by atoms with Gasteiger partial charge in [-0.15, -0.1) is 0 Å². The van der Waals surface area contributed by atoms with Crippen LogP contribution in [-0.2, 0) is 11.2 Å². The number of ether oxygens (including phenoxy) is 1. The zero-order valence-corrected chi connectivity index (χ0v) is 23.0. The fourth-order valence-electron chi connectivity index (χ4n) is 4.52. The minimum atomic E-state index is -0.592. The number of nitrogens with one attached hydrogen (secondary N) is 2. The van der Waals surface area contributed by atoms with Gasteiger partial charge in [0.25, 0.3) is 11.9 Å². The predicted octanol–water partition coefficient (Wildman–Crippen LogP) is 4.81. The Kier molecular flexibility index (Phi) is 8.48. The van der Waals surface area contributed by atoms with Crippen LogP contribution in [0.3, 0.4) is 0 Å². The number of aryl methyl sites for hydroxylation is 1. The van der Waals surface area contributed by atoms with Crippen molar-refractivity contribution in [3.63, 3.8) is 0 Å². The molecule has 5 rings (SSSR count). The molecule has 0 bridgehead atoms.